The monoisotopic (exact) mass is 282 g/mol. The molecular formula is C9H9F3N2O5. The lowest BCUT2D eigenvalue weighted by molar-refractivity contribution is -0.192. The molecule has 2 rings (SSSR count). The Balaban J connectivity index is 0.000000224. The molecule has 1 fully saturated rings. The van der Waals surface area contributed by atoms with Crippen LogP contribution in [0, 0.1) is 0 Å². The smallest absolute Gasteiger partial charge is 0.475 e. The fraction of sp³-hybridized carbons (Fsp3) is 0.444. The number of hydrogen-bond donors (Lipinski definition) is 3. The Labute approximate surface area is 104 Å². The third kappa shape index (κ3) is 4.25. The molecule has 2 heterocycles. The van der Waals surface area contributed by atoms with Crippen LogP contribution in [0.3, 0.4) is 0 Å². The van der Waals surface area contributed by atoms with E-state index < -0.39 is 18.1 Å². The Hall–Kier alpha value is -2.10. The minimum Gasteiger partial charge on any atom is -0.475 e. The van der Waals surface area contributed by atoms with E-state index in [1.54, 1.807) is 0 Å². The van der Waals surface area contributed by atoms with Crippen molar-refractivity contribution >= 4 is 11.9 Å². The number of aromatic nitrogens is 1. The zero-order valence-electron chi connectivity index (χ0n) is 9.27. The second kappa shape index (κ2) is 5.69. The minimum atomic E-state index is -5.08. The van der Waals surface area contributed by atoms with Gasteiger partial charge in [-0.05, 0) is 0 Å². The first-order chi connectivity index (χ1) is 8.71. The maximum Gasteiger partial charge on any atom is 0.490 e. The average Bonchev–Trinajstić information content (AvgIpc) is 2.63. The largest absolute Gasteiger partial charge is 0.490 e. The first-order valence-corrected chi connectivity index (χ1v) is 4.91. The van der Waals surface area contributed by atoms with Crippen LogP contribution < -0.4 is 5.32 Å². The molecule has 0 unspecified atom stereocenters. The van der Waals surface area contributed by atoms with Crippen molar-refractivity contribution in [2.24, 2.45) is 0 Å². The number of carboxylic acid groups (broad SMARTS) is 2. The van der Waals surface area contributed by atoms with Gasteiger partial charge in [-0.1, -0.05) is 0 Å². The standard InChI is InChI=1S/C7H8N2O3.C2HF3O2/c10-7(11)5-3-9-6(12-5)4-1-8-2-4;3-2(4,5)1(6)7/h3-4,8H,1-2H2,(H,10,11);(H,6,7). The lowest BCUT2D eigenvalue weighted by Crippen LogP contribution is -2.40. The molecular weight excluding hydrogens is 273 g/mol. The van der Waals surface area contributed by atoms with E-state index in [4.69, 9.17) is 19.4 Å². The highest BCUT2D eigenvalue weighted by atomic mass is 19.4. The van der Waals surface area contributed by atoms with Crippen molar-refractivity contribution in [1.29, 1.82) is 0 Å². The van der Waals surface area contributed by atoms with Gasteiger partial charge in [-0.25, -0.2) is 14.6 Å². The number of aliphatic carboxylic acids is 1. The normalized spacial score (nSPS) is 15.1. The lowest BCUT2D eigenvalue weighted by atomic mass is 10.0. The summed E-state index contributed by atoms with van der Waals surface area (Å²) < 4.78 is 36.7. The molecule has 0 aliphatic carbocycles. The van der Waals surface area contributed by atoms with Crippen LogP contribution >= 0.6 is 0 Å². The Bertz CT molecular complexity index is 467. The van der Waals surface area contributed by atoms with Crippen LogP contribution in [0.4, 0.5) is 13.2 Å². The van der Waals surface area contributed by atoms with Crippen molar-refractivity contribution in [1.82, 2.24) is 10.3 Å². The van der Waals surface area contributed by atoms with E-state index in [9.17, 15) is 18.0 Å². The van der Waals surface area contributed by atoms with Gasteiger partial charge >= 0.3 is 18.1 Å². The number of aromatic carboxylic acids is 1. The number of oxazole rings is 1. The number of hydrogen-bond acceptors (Lipinski definition) is 5. The van der Waals surface area contributed by atoms with Gasteiger partial charge in [0.15, 0.2) is 0 Å². The van der Waals surface area contributed by atoms with Gasteiger partial charge in [0.25, 0.3) is 0 Å². The van der Waals surface area contributed by atoms with E-state index in [1.807, 2.05) is 0 Å². The van der Waals surface area contributed by atoms with Crippen molar-refractivity contribution in [3.05, 3.63) is 17.8 Å². The first kappa shape index (κ1) is 15.0. The van der Waals surface area contributed by atoms with Gasteiger partial charge in [0.1, 0.15) is 0 Å². The first-order valence-electron chi connectivity index (χ1n) is 4.91. The highest BCUT2D eigenvalue weighted by Gasteiger charge is 2.38. The van der Waals surface area contributed by atoms with Gasteiger partial charge in [0.05, 0.1) is 12.1 Å². The highest BCUT2D eigenvalue weighted by Crippen LogP contribution is 2.19. The number of nitrogens with zero attached hydrogens (tertiary/aromatic N) is 1. The summed E-state index contributed by atoms with van der Waals surface area (Å²) >= 11 is 0. The second-order valence-corrected chi connectivity index (χ2v) is 3.53. The molecule has 0 atom stereocenters. The van der Waals surface area contributed by atoms with E-state index >= 15 is 0 Å². The van der Waals surface area contributed by atoms with E-state index in [0.29, 0.717) is 5.89 Å². The number of nitrogens with one attached hydrogen (secondary N) is 1. The van der Waals surface area contributed by atoms with E-state index in [1.165, 1.54) is 6.20 Å². The Kier molecular flexibility index (Phi) is 4.48. The van der Waals surface area contributed by atoms with Gasteiger partial charge < -0.3 is 19.9 Å². The molecule has 0 saturated carbocycles. The van der Waals surface area contributed by atoms with Crippen molar-refractivity contribution in [3.63, 3.8) is 0 Å². The summed E-state index contributed by atoms with van der Waals surface area (Å²) in [4.78, 5) is 23.2. The molecule has 0 aromatic carbocycles. The molecule has 3 N–H and O–H groups in total. The topological polar surface area (TPSA) is 113 Å². The quantitative estimate of drug-likeness (QED) is 0.731. The van der Waals surface area contributed by atoms with Gasteiger partial charge in [-0.15, -0.1) is 0 Å². The van der Waals surface area contributed by atoms with Gasteiger partial charge in [0.2, 0.25) is 11.7 Å². The van der Waals surface area contributed by atoms with Crippen molar-refractivity contribution in [2.75, 3.05) is 13.1 Å². The molecule has 0 spiro atoms. The molecule has 1 saturated heterocycles. The van der Waals surface area contributed by atoms with Crippen LogP contribution in [0.15, 0.2) is 10.6 Å². The number of carboxylic acids is 2. The molecule has 1 aromatic rings. The van der Waals surface area contributed by atoms with Gasteiger partial charge in [-0.2, -0.15) is 13.2 Å². The summed E-state index contributed by atoms with van der Waals surface area (Å²) in [7, 11) is 0. The van der Waals surface area contributed by atoms with Crippen LogP contribution in [-0.4, -0.2) is 46.4 Å². The summed E-state index contributed by atoms with van der Waals surface area (Å²) in [5, 5.41) is 18.7. The van der Waals surface area contributed by atoms with Crippen LogP contribution in [0.25, 0.3) is 0 Å². The third-order valence-electron chi connectivity index (χ3n) is 2.11. The predicted octanol–water partition coefficient (Wildman–Crippen LogP) is 0.693. The van der Waals surface area contributed by atoms with Crippen LogP contribution in [0.2, 0.25) is 0 Å². The van der Waals surface area contributed by atoms with Crippen molar-refractivity contribution < 1.29 is 37.4 Å². The summed E-state index contributed by atoms with van der Waals surface area (Å²) in [5.74, 6) is -3.14. The molecule has 0 amide bonds. The molecule has 0 bridgehead atoms. The van der Waals surface area contributed by atoms with E-state index in [2.05, 4.69) is 10.3 Å². The zero-order chi connectivity index (χ0) is 14.6. The predicted molar refractivity (Wildman–Crippen MR) is 52.8 cm³/mol. The summed E-state index contributed by atoms with van der Waals surface area (Å²) in [6.45, 7) is 1.64. The number of halogens is 3. The Morgan fingerprint density at radius 1 is 1.37 bits per heavy atom. The van der Waals surface area contributed by atoms with Gasteiger partial charge in [0, 0.05) is 13.1 Å². The summed E-state index contributed by atoms with van der Waals surface area (Å²) in [5.41, 5.74) is 0. The molecule has 19 heavy (non-hydrogen) atoms. The molecule has 106 valence electrons. The SMILES string of the molecule is O=C(O)C(F)(F)F.O=C(O)c1cnc(C2CNC2)o1. The zero-order valence-corrected chi connectivity index (χ0v) is 9.27. The molecule has 0 radical (unpaired) electrons. The molecule has 1 aromatic heterocycles. The highest BCUT2D eigenvalue weighted by molar-refractivity contribution is 5.83. The van der Waals surface area contributed by atoms with E-state index in [-0.39, 0.29) is 11.7 Å². The lowest BCUT2D eigenvalue weighted by Gasteiger charge is -2.23. The number of carbonyl (C=O) groups is 2. The minimum absolute atomic E-state index is 0.0862. The maximum atomic E-state index is 10.6. The number of alkyl halides is 3. The summed E-state index contributed by atoms with van der Waals surface area (Å²) in [6, 6.07) is 0. The third-order valence-corrected chi connectivity index (χ3v) is 2.11. The van der Waals surface area contributed by atoms with Gasteiger partial charge in [-0.3, -0.25) is 0 Å². The molecule has 7 nitrogen and oxygen atoms in total. The van der Waals surface area contributed by atoms with Crippen LogP contribution in [0.1, 0.15) is 22.4 Å². The Morgan fingerprint density at radius 3 is 2.16 bits per heavy atom. The molecule has 1 aliphatic heterocycles. The fourth-order valence-corrected chi connectivity index (χ4v) is 1.04. The van der Waals surface area contributed by atoms with Crippen LogP contribution in [-0.2, 0) is 4.79 Å². The number of rotatable bonds is 2. The van der Waals surface area contributed by atoms with Crippen molar-refractivity contribution in [3.8, 4) is 0 Å². The van der Waals surface area contributed by atoms with E-state index in [0.717, 1.165) is 13.1 Å². The average molecular weight is 282 g/mol. The summed E-state index contributed by atoms with van der Waals surface area (Å²) in [6.07, 6.45) is -3.84. The Morgan fingerprint density at radius 2 is 1.89 bits per heavy atom. The van der Waals surface area contributed by atoms with Crippen molar-refractivity contribution in [2.45, 2.75) is 12.1 Å². The molecule has 10 heteroatoms. The second-order valence-electron chi connectivity index (χ2n) is 3.53. The molecule has 1 aliphatic rings. The van der Waals surface area contributed by atoms with Crippen LogP contribution in [0.5, 0.6) is 0 Å². The maximum absolute atomic E-state index is 10.6. The fourth-order valence-electron chi connectivity index (χ4n) is 1.04.